The predicted octanol–water partition coefficient (Wildman–Crippen LogP) is 0.971. The number of hydrogen-bond donors (Lipinski definition) is 0. The second-order valence-corrected chi connectivity index (χ2v) is 0.992. The van der Waals surface area contributed by atoms with Crippen molar-refractivity contribution in [3.05, 3.63) is 4.85 Å². The summed E-state index contributed by atoms with van der Waals surface area (Å²) in [6.45, 7) is 6.52. The van der Waals surface area contributed by atoms with Gasteiger partial charge in [0.05, 0.1) is 0 Å². The maximum absolute atomic E-state index is 4.86. The van der Waals surface area contributed by atoms with Crippen molar-refractivity contribution in [2.45, 2.75) is 13.0 Å². The molecule has 0 saturated carbocycles. The summed E-state index contributed by atoms with van der Waals surface area (Å²) in [5.41, 5.74) is 0. The first kappa shape index (κ1) is 5.05. The smallest absolute Gasteiger partial charge is 0.112 e. The largest absolute Gasteiger partial charge is 0.328 e. The molecule has 0 heterocycles. The lowest BCUT2D eigenvalue weighted by atomic mass is 10.4. The van der Waals surface area contributed by atoms with E-state index in [1.54, 1.807) is 6.92 Å². The van der Waals surface area contributed by atoms with Crippen molar-refractivity contribution in [1.29, 1.82) is 0 Å². The highest BCUT2D eigenvalue weighted by atomic mass is 14.7. The first-order valence-electron chi connectivity index (χ1n) is 1.67. The van der Waals surface area contributed by atoms with E-state index in [9.17, 15) is 0 Å². The van der Waals surface area contributed by atoms with Gasteiger partial charge in [0.25, 0.3) is 6.57 Å². The molecular formula is C5H6N+. The van der Waals surface area contributed by atoms with Gasteiger partial charge in [-0.05, 0) is 5.92 Å². The van der Waals surface area contributed by atoms with E-state index in [1.807, 2.05) is 0 Å². The van der Waals surface area contributed by atoms with E-state index in [-0.39, 0.29) is 6.04 Å². The molecule has 0 aromatic heterocycles. The van der Waals surface area contributed by atoms with Gasteiger partial charge in [-0.1, -0.05) is 4.85 Å². The fraction of sp³-hybridized carbons (Fsp3) is 0.400. The molecule has 0 bridgehead atoms. The normalized spacial score (nSPS) is 11.2. The zero-order valence-corrected chi connectivity index (χ0v) is 3.68. The first-order valence-corrected chi connectivity index (χ1v) is 1.67. The van der Waals surface area contributed by atoms with Gasteiger partial charge in [-0.2, -0.15) is 0 Å². The zero-order valence-electron chi connectivity index (χ0n) is 3.68. The van der Waals surface area contributed by atoms with Crippen molar-refractivity contribution in [2.75, 3.05) is 0 Å². The summed E-state index contributed by atoms with van der Waals surface area (Å²) in [6, 6.07) is -0.134. The average molecular weight is 80.1 g/mol. The van der Waals surface area contributed by atoms with Gasteiger partial charge in [-0.25, -0.2) is 0 Å². The number of terminal acetylenes is 1. The Morgan fingerprint density at radius 1 is 1.83 bits per heavy atom. The molecule has 0 amide bonds. The van der Waals surface area contributed by atoms with Crippen LogP contribution in [-0.4, -0.2) is 6.04 Å². The van der Waals surface area contributed by atoms with E-state index in [2.05, 4.69) is 10.8 Å². The van der Waals surface area contributed by atoms with Crippen molar-refractivity contribution >= 4 is 0 Å². The Labute approximate surface area is 37.8 Å². The van der Waals surface area contributed by atoms with Gasteiger partial charge in [0.2, 0.25) is 0 Å². The molecular weight excluding hydrogens is 74.1 g/mol. The van der Waals surface area contributed by atoms with Crippen LogP contribution < -0.4 is 0 Å². The van der Waals surface area contributed by atoms with Crippen molar-refractivity contribution in [3.8, 4) is 18.9 Å². The molecule has 0 rings (SSSR count). The van der Waals surface area contributed by atoms with Gasteiger partial charge in [0, 0.05) is 6.92 Å². The van der Waals surface area contributed by atoms with Crippen LogP contribution in [0.1, 0.15) is 6.92 Å². The van der Waals surface area contributed by atoms with Crippen molar-refractivity contribution in [3.63, 3.8) is 0 Å². The molecule has 0 aromatic rings. The summed E-state index contributed by atoms with van der Waals surface area (Å²) in [4.78, 5) is 3.27. The lowest BCUT2D eigenvalue weighted by molar-refractivity contribution is 1.14. The van der Waals surface area contributed by atoms with Gasteiger partial charge >= 0.3 is 6.04 Å². The molecule has 6 heavy (non-hydrogen) atoms. The molecule has 1 atom stereocenters. The van der Waals surface area contributed by atoms with Crippen LogP contribution >= 0.6 is 0 Å². The van der Waals surface area contributed by atoms with Crippen LogP contribution in [0.4, 0.5) is 0 Å². The van der Waals surface area contributed by atoms with Crippen LogP contribution in [0.3, 0.4) is 0 Å². The first-order chi connectivity index (χ1) is 2.81. The highest BCUT2D eigenvalue weighted by molar-refractivity contribution is 5.03. The quantitative estimate of drug-likeness (QED) is 0.382. The van der Waals surface area contributed by atoms with Gasteiger partial charge in [0.1, 0.15) is 0 Å². The maximum atomic E-state index is 4.86. The maximum Gasteiger partial charge on any atom is 0.328 e. The minimum atomic E-state index is -0.134. The Bertz CT molecular complexity index is 88.1. The summed E-state index contributed by atoms with van der Waals surface area (Å²) in [5.74, 6) is 2.32. The summed E-state index contributed by atoms with van der Waals surface area (Å²) in [5, 5.41) is 0. The van der Waals surface area contributed by atoms with Gasteiger partial charge < -0.3 is 0 Å². The fourth-order valence-corrected chi connectivity index (χ4v) is 0.0430. The molecule has 0 fully saturated rings. The molecule has 1 heteroatoms. The van der Waals surface area contributed by atoms with Crippen molar-refractivity contribution < 1.29 is 0 Å². The zero-order chi connectivity index (χ0) is 4.99. The van der Waals surface area contributed by atoms with E-state index >= 15 is 0 Å². The second kappa shape index (κ2) is 2.30. The van der Waals surface area contributed by atoms with Gasteiger partial charge in [-0.15, -0.1) is 6.42 Å². The highest BCUT2D eigenvalue weighted by Crippen LogP contribution is 1.79. The van der Waals surface area contributed by atoms with E-state index in [0.29, 0.717) is 0 Å². The molecule has 0 aliphatic heterocycles. The third kappa shape index (κ3) is 1.38. The molecule has 0 radical (unpaired) electrons. The molecule has 0 saturated heterocycles. The molecule has 0 aromatic carbocycles. The predicted molar refractivity (Wildman–Crippen MR) is 26.6 cm³/mol. The Kier molecular flexibility index (Phi) is 1.93. The Morgan fingerprint density at radius 2 is 2.33 bits per heavy atom. The van der Waals surface area contributed by atoms with Crippen LogP contribution in [0.5, 0.6) is 0 Å². The minimum Gasteiger partial charge on any atom is -0.112 e. The van der Waals surface area contributed by atoms with E-state index in [0.717, 1.165) is 0 Å². The van der Waals surface area contributed by atoms with Gasteiger partial charge in [0.15, 0.2) is 0 Å². The topological polar surface area (TPSA) is 4.36 Å². The lowest BCUT2D eigenvalue weighted by Gasteiger charge is -1.66. The third-order valence-electron chi connectivity index (χ3n) is 0.465. The fourth-order valence-electron chi connectivity index (χ4n) is 0.0430. The second-order valence-electron chi connectivity index (χ2n) is 0.992. The molecule has 0 N–H and O–H groups in total. The Balaban J connectivity index is 3.40. The molecule has 0 spiro atoms. The average Bonchev–Trinajstić information content (AvgIpc) is 1.65. The third-order valence-corrected chi connectivity index (χ3v) is 0.465. The van der Waals surface area contributed by atoms with Crippen LogP contribution in [0.25, 0.3) is 4.85 Å². The van der Waals surface area contributed by atoms with Crippen molar-refractivity contribution in [1.82, 2.24) is 0 Å². The monoisotopic (exact) mass is 80.0 g/mol. The van der Waals surface area contributed by atoms with E-state index < -0.39 is 0 Å². The molecule has 1 nitrogen and oxygen atoms in total. The van der Waals surface area contributed by atoms with Crippen LogP contribution in [-0.2, 0) is 0 Å². The van der Waals surface area contributed by atoms with Crippen LogP contribution in [0.2, 0.25) is 0 Å². The summed E-state index contributed by atoms with van der Waals surface area (Å²) < 4.78 is 0. The van der Waals surface area contributed by atoms with Crippen molar-refractivity contribution in [2.24, 2.45) is 0 Å². The summed E-state index contributed by atoms with van der Waals surface area (Å²) in [7, 11) is 0. The Hall–Kier alpha value is -0.950. The summed E-state index contributed by atoms with van der Waals surface area (Å²) >= 11 is 0. The number of nitrogens with zero attached hydrogens (tertiary/aromatic N) is 1. The number of rotatable bonds is 0. The molecule has 1 unspecified atom stereocenters. The number of hydrogen-bond acceptors (Lipinski definition) is 0. The minimum absolute atomic E-state index is 0.134. The van der Waals surface area contributed by atoms with Crippen LogP contribution in [0, 0.1) is 18.9 Å². The molecule has 30 valence electrons. The van der Waals surface area contributed by atoms with Crippen LogP contribution in [0.15, 0.2) is 0 Å². The molecule has 0 aliphatic carbocycles. The van der Waals surface area contributed by atoms with E-state index in [4.69, 9.17) is 13.0 Å². The summed E-state index contributed by atoms with van der Waals surface area (Å²) in [6.07, 6.45) is 4.86. The molecule has 0 aliphatic rings. The van der Waals surface area contributed by atoms with E-state index in [1.165, 1.54) is 0 Å². The Morgan fingerprint density at radius 3 is 2.33 bits per heavy atom. The lowest BCUT2D eigenvalue weighted by Crippen LogP contribution is -1.83. The highest BCUT2D eigenvalue weighted by Gasteiger charge is 1.95. The van der Waals surface area contributed by atoms with Gasteiger partial charge in [-0.3, -0.25) is 0 Å². The SMILES string of the molecule is C#CC(C)[N+]#C. The standard InChI is InChI=1S/C5H6N/c1-4-5(2)6-3/h1,3,5H,2H3/q+1.